The number of hydrogen-bond acceptors (Lipinski definition) is 3. The van der Waals surface area contributed by atoms with Crippen molar-refractivity contribution in [2.75, 3.05) is 6.54 Å². The van der Waals surface area contributed by atoms with Gasteiger partial charge in [-0.1, -0.05) is 17.3 Å². The molecule has 0 aliphatic heterocycles. The summed E-state index contributed by atoms with van der Waals surface area (Å²) < 4.78 is 45.6. The third-order valence-corrected chi connectivity index (χ3v) is 4.68. The maximum atomic E-state index is 13.9. The van der Waals surface area contributed by atoms with Crippen molar-refractivity contribution in [1.29, 1.82) is 0 Å². The molecule has 0 saturated heterocycles. The molecule has 29 heavy (non-hydrogen) atoms. The first-order valence-electron chi connectivity index (χ1n) is 8.93. The molecule has 0 spiro atoms. The summed E-state index contributed by atoms with van der Waals surface area (Å²) in [5.41, 5.74) is 2.13. The van der Waals surface area contributed by atoms with Crippen LogP contribution < -0.4 is 5.32 Å². The Hall–Kier alpha value is -3.55. The Labute approximate surface area is 163 Å². The summed E-state index contributed by atoms with van der Waals surface area (Å²) in [5.74, 6) is -2.75. The average Bonchev–Trinajstić information content (AvgIpc) is 3.32. The zero-order valence-electron chi connectivity index (χ0n) is 15.1. The SMILES string of the molecule is O=C(NCCc1c[nH]c2ccc(F)cc12)c1nocc1Cc1cccc(F)c1F. The maximum absolute atomic E-state index is 13.9. The highest BCUT2D eigenvalue weighted by molar-refractivity contribution is 5.93. The fourth-order valence-corrected chi connectivity index (χ4v) is 3.21. The Kier molecular flexibility index (Phi) is 5.07. The van der Waals surface area contributed by atoms with E-state index in [4.69, 9.17) is 4.52 Å². The molecule has 0 bridgehead atoms. The van der Waals surface area contributed by atoms with Gasteiger partial charge in [0.1, 0.15) is 12.1 Å². The molecule has 4 rings (SSSR count). The minimum Gasteiger partial charge on any atom is -0.364 e. The van der Waals surface area contributed by atoms with Gasteiger partial charge in [-0.25, -0.2) is 13.2 Å². The van der Waals surface area contributed by atoms with Crippen LogP contribution >= 0.6 is 0 Å². The number of carbonyl (C=O) groups excluding carboxylic acids is 1. The molecule has 0 radical (unpaired) electrons. The summed E-state index contributed by atoms with van der Waals surface area (Å²) in [6.45, 7) is 0.281. The molecule has 8 heteroatoms. The van der Waals surface area contributed by atoms with E-state index >= 15 is 0 Å². The van der Waals surface area contributed by atoms with Gasteiger partial charge in [0.15, 0.2) is 17.3 Å². The number of nitrogens with zero attached hydrogens (tertiary/aromatic N) is 1. The van der Waals surface area contributed by atoms with E-state index in [2.05, 4.69) is 15.5 Å². The monoisotopic (exact) mass is 399 g/mol. The molecular weight excluding hydrogens is 383 g/mol. The van der Waals surface area contributed by atoms with Gasteiger partial charge in [0, 0.05) is 35.6 Å². The minimum atomic E-state index is -0.966. The molecule has 1 amide bonds. The lowest BCUT2D eigenvalue weighted by Crippen LogP contribution is -2.27. The van der Waals surface area contributed by atoms with E-state index in [1.807, 2.05) is 0 Å². The number of H-pyrrole nitrogens is 1. The van der Waals surface area contributed by atoms with Crippen molar-refractivity contribution in [2.45, 2.75) is 12.8 Å². The number of benzene rings is 2. The Bertz CT molecular complexity index is 1180. The highest BCUT2D eigenvalue weighted by atomic mass is 19.2. The van der Waals surface area contributed by atoms with Crippen molar-refractivity contribution in [2.24, 2.45) is 0 Å². The lowest BCUT2D eigenvalue weighted by atomic mass is 10.0. The van der Waals surface area contributed by atoms with E-state index in [1.165, 1.54) is 30.5 Å². The normalized spacial score (nSPS) is 11.1. The zero-order chi connectivity index (χ0) is 20.4. The smallest absolute Gasteiger partial charge is 0.273 e. The number of hydrogen-bond donors (Lipinski definition) is 2. The number of nitrogens with one attached hydrogen (secondary N) is 2. The van der Waals surface area contributed by atoms with Gasteiger partial charge in [0.05, 0.1) is 0 Å². The Balaban J connectivity index is 1.42. The molecule has 148 valence electrons. The van der Waals surface area contributed by atoms with Gasteiger partial charge in [0.25, 0.3) is 5.91 Å². The van der Waals surface area contributed by atoms with Gasteiger partial charge >= 0.3 is 0 Å². The summed E-state index contributed by atoms with van der Waals surface area (Å²) in [7, 11) is 0. The molecule has 2 N–H and O–H groups in total. The van der Waals surface area contributed by atoms with Crippen molar-refractivity contribution in [1.82, 2.24) is 15.5 Å². The summed E-state index contributed by atoms with van der Waals surface area (Å²) in [4.78, 5) is 15.5. The van der Waals surface area contributed by atoms with E-state index in [0.717, 1.165) is 22.5 Å². The maximum Gasteiger partial charge on any atom is 0.273 e. The average molecular weight is 399 g/mol. The van der Waals surface area contributed by atoms with Crippen LogP contribution in [-0.4, -0.2) is 22.6 Å². The summed E-state index contributed by atoms with van der Waals surface area (Å²) >= 11 is 0. The van der Waals surface area contributed by atoms with Crippen LogP contribution in [0.3, 0.4) is 0 Å². The summed E-state index contributed by atoms with van der Waals surface area (Å²) in [6.07, 6.45) is 3.45. The Morgan fingerprint density at radius 1 is 1.10 bits per heavy atom. The molecule has 0 fully saturated rings. The second-order valence-electron chi connectivity index (χ2n) is 6.59. The van der Waals surface area contributed by atoms with E-state index in [0.29, 0.717) is 12.0 Å². The van der Waals surface area contributed by atoms with Crippen LogP contribution in [0.5, 0.6) is 0 Å². The molecule has 5 nitrogen and oxygen atoms in total. The lowest BCUT2D eigenvalue weighted by Gasteiger charge is -2.06. The van der Waals surface area contributed by atoms with Crippen LogP contribution in [0.4, 0.5) is 13.2 Å². The highest BCUT2D eigenvalue weighted by Gasteiger charge is 2.18. The van der Waals surface area contributed by atoms with Crippen molar-refractivity contribution in [3.63, 3.8) is 0 Å². The summed E-state index contributed by atoms with van der Waals surface area (Å²) in [5, 5.41) is 7.15. The van der Waals surface area contributed by atoms with Gasteiger partial charge in [0.2, 0.25) is 0 Å². The van der Waals surface area contributed by atoms with Crippen molar-refractivity contribution in [3.05, 3.63) is 88.7 Å². The molecule has 0 aliphatic carbocycles. The molecule has 0 saturated carbocycles. The minimum absolute atomic E-state index is 0.0126. The lowest BCUT2D eigenvalue weighted by molar-refractivity contribution is 0.0944. The van der Waals surface area contributed by atoms with Crippen LogP contribution in [0.2, 0.25) is 0 Å². The fraction of sp³-hybridized carbons (Fsp3) is 0.143. The number of carbonyl (C=O) groups is 1. The number of amides is 1. The van der Waals surface area contributed by atoms with Crippen molar-refractivity contribution in [3.8, 4) is 0 Å². The first-order valence-corrected chi connectivity index (χ1v) is 8.93. The van der Waals surface area contributed by atoms with Crippen molar-refractivity contribution < 1.29 is 22.5 Å². The third-order valence-electron chi connectivity index (χ3n) is 4.68. The highest BCUT2D eigenvalue weighted by Crippen LogP contribution is 2.20. The van der Waals surface area contributed by atoms with Crippen LogP contribution in [0.1, 0.15) is 27.2 Å². The molecule has 0 atom stereocenters. The fourth-order valence-electron chi connectivity index (χ4n) is 3.21. The standard InChI is InChI=1S/C21H16F3N3O2/c22-15-4-5-18-16(9-15)13(10-26-18)6-7-25-21(28)20-14(11-29-27-20)8-12-2-1-3-17(23)19(12)24/h1-5,9-11,26H,6-8H2,(H,25,28). The van der Waals surface area contributed by atoms with Gasteiger partial charge < -0.3 is 14.8 Å². The second kappa shape index (κ2) is 7.83. The van der Waals surface area contributed by atoms with E-state index in [1.54, 1.807) is 12.3 Å². The molecule has 2 heterocycles. The predicted molar refractivity (Wildman–Crippen MR) is 100.0 cm³/mol. The molecule has 4 aromatic rings. The topological polar surface area (TPSA) is 70.9 Å². The first kappa shape index (κ1) is 18.8. The van der Waals surface area contributed by atoms with Crippen LogP contribution in [0.15, 0.2) is 53.4 Å². The number of halogens is 3. The van der Waals surface area contributed by atoms with E-state index < -0.39 is 17.5 Å². The van der Waals surface area contributed by atoms with Crippen LogP contribution in [0.25, 0.3) is 10.9 Å². The largest absolute Gasteiger partial charge is 0.364 e. The van der Waals surface area contributed by atoms with Crippen LogP contribution in [-0.2, 0) is 12.8 Å². The number of fused-ring (bicyclic) bond motifs is 1. The quantitative estimate of drug-likeness (QED) is 0.512. The third kappa shape index (κ3) is 3.87. The van der Waals surface area contributed by atoms with E-state index in [-0.39, 0.29) is 30.0 Å². The summed E-state index contributed by atoms with van der Waals surface area (Å²) in [6, 6.07) is 8.31. The van der Waals surface area contributed by atoms with Gasteiger partial charge in [-0.05, 0) is 41.8 Å². The molecule has 0 aliphatic rings. The number of rotatable bonds is 6. The van der Waals surface area contributed by atoms with Gasteiger partial charge in [-0.3, -0.25) is 4.79 Å². The van der Waals surface area contributed by atoms with Crippen molar-refractivity contribution >= 4 is 16.8 Å². The Morgan fingerprint density at radius 3 is 2.83 bits per heavy atom. The molecule has 0 unspecified atom stereocenters. The first-order chi connectivity index (χ1) is 14.0. The van der Waals surface area contributed by atoms with Gasteiger partial charge in [-0.15, -0.1) is 0 Å². The second-order valence-corrected chi connectivity index (χ2v) is 6.59. The number of aromatic nitrogens is 2. The Morgan fingerprint density at radius 2 is 1.97 bits per heavy atom. The van der Waals surface area contributed by atoms with Gasteiger partial charge in [-0.2, -0.15) is 0 Å². The predicted octanol–water partition coefficient (Wildman–Crippen LogP) is 4.14. The molecular formula is C21H16F3N3O2. The zero-order valence-corrected chi connectivity index (χ0v) is 15.1. The number of aromatic amines is 1. The molecule has 2 aromatic heterocycles. The van der Waals surface area contributed by atoms with E-state index in [9.17, 15) is 18.0 Å². The molecule has 2 aromatic carbocycles. The van der Waals surface area contributed by atoms with Crippen LogP contribution in [0, 0.1) is 17.5 Å².